The van der Waals surface area contributed by atoms with Crippen molar-refractivity contribution in [3.63, 3.8) is 0 Å². The molecule has 1 aromatic rings. The lowest BCUT2D eigenvalue weighted by atomic mass is 10.3. The highest BCUT2D eigenvalue weighted by Crippen LogP contribution is 2.20. The van der Waals surface area contributed by atoms with Crippen molar-refractivity contribution in [1.82, 2.24) is 0 Å². The van der Waals surface area contributed by atoms with E-state index in [1.807, 2.05) is 24.3 Å². The maximum absolute atomic E-state index is 4.88. The van der Waals surface area contributed by atoms with E-state index in [9.17, 15) is 0 Å². The van der Waals surface area contributed by atoms with Gasteiger partial charge in [0.05, 0.1) is 6.61 Å². The van der Waals surface area contributed by atoms with Crippen LogP contribution in [0.2, 0.25) is 0 Å². The third kappa shape index (κ3) is 2.81. The molecule has 0 fully saturated rings. The van der Waals surface area contributed by atoms with Crippen molar-refractivity contribution in [3.8, 4) is 0 Å². The molecule has 1 aromatic carbocycles. The molecule has 0 bridgehead atoms. The van der Waals surface area contributed by atoms with Gasteiger partial charge in [0.1, 0.15) is 0 Å². The normalized spacial score (nSPS) is 9.83. The van der Waals surface area contributed by atoms with E-state index in [1.165, 1.54) is 0 Å². The molecule has 0 saturated carbocycles. The molecule has 0 aliphatic heterocycles. The predicted octanol–water partition coefficient (Wildman–Crippen LogP) is 1.75. The summed E-state index contributed by atoms with van der Waals surface area (Å²) in [5.74, 6) is 4.88. The van der Waals surface area contributed by atoms with E-state index >= 15 is 0 Å². The van der Waals surface area contributed by atoms with Crippen LogP contribution in [0, 0.1) is 0 Å². The Balaban J connectivity index is 2.46. The molecule has 4 heteroatoms. The van der Waals surface area contributed by atoms with Crippen LogP contribution in [0.3, 0.4) is 0 Å². The van der Waals surface area contributed by atoms with Gasteiger partial charge in [-0.15, -0.1) is 0 Å². The molecule has 1 rings (SSSR count). The topological polar surface area (TPSA) is 47.3 Å². The summed E-state index contributed by atoms with van der Waals surface area (Å²) in [6.45, 7) is 1.21. The third-order valence-electron chi connectivity index (χ3n) is 1.41. The summed E-state index contributed by atoms with van der Waals surface area (Å²) in [5.41, 5.74) is 1.05. The number of nitrogens with two attached hydrogens (primary N) is 1. The minimum absolute atomic E-state index is 0.501. The van der Waals surface area contributed by atoms with Crippen LogP contribution in [-0.2, 0) is 4.84 Å². The summed E-state index contributed by atoms with van der Waals surface area (Å²) in [4.78, 5) is 4.43. The minimum atomic E-state index is 0.501. The lowest BCUT2D eigenvalue weighted by Crippen LogP contribution is -2.12. The van der Waals surface area contributed by atoms with E-state index in [0.717, 1.165) is 10.2 Å². The highest BCUT2D eigenvalue weighted by atomic mass is 79.9. The van der Waals surface area contributed by atoms with Gasteiger partial charge in [-0.05, 0) is 28.1 Å². The van der Waals surface area contributed by atoms with Gasteiger partial charge in [0.25, 0.3) is 0 Å². The quantitative estimate of drug-likeness (QED) is 0.613. The number of anilines is 1. The molecule has 0 atom stereocenters. The van der Waals surface area contributed by atoms with E-state index in [4.69, 9.17) is 5.90 Å². The second kappa shape index (κ2) is 5.13. The van der Waals surface area contributed by atoms with Crippen molar-refractivity contribution in [2.45, 2.75) is 0 Å². The van der Waals surface area contributed by atoms with Gasteiger partial charge in [0.15, 0.2) is 0 Å². The van der Waals surface area contributed by atoms with Crippen molar-refractivity contribution < 1.29 is 4.84 Å². The van der Waals surface area contributed by atoms with Crippen LogP contribution in [-0.4, -0.2) is 13.2 Å². The van der Waals surface area contributed by atoms with Gasteiger partial charge < -0.3 is 10.2 Å². The highest BCUT2D eigenvalue weighted by molar-refractivity contribution is 9.10. The number of benzene rings is 1. The molecule has 12 heavy (non-hydrogen) atoms. The first-order chi connectivity index (χ1) is 5.84. The minimum Gasteiger partial charge on any atom is -0.382 e. The van der Waals surface area contributed by atoms with Crippen LogP contribution in [0.5, 0.6) is 0 Å². The van der Waals surface area contributed by atoms with Crippen LogP contribution < -0.4 is 11.2 Å². The van der Waals surface area contributed by atoms with Crippen molar-refractivity contribution in [2.75, 3.05) is 18.5 Å². The molecule has 3 N–H and O–H groups in total. The largest absolute Gasteiger partial charge is 0.382 e. The second-order valence-corrected chi connectivity index (χ2v) is 3.13. The zero-order valence-corrected chi connectivity index (χ0v) is 8.17. The van der Waals surface area contributed by atoms with E-state index in [2.05, 4.69) is 26.1 Å². The summed E-state index contributed by atoms with van der Waals surface area (Å²) in [5, 5.41) is 3.16. The fraction of sp³-hybridized carbons (Fsp3) is 0.250. The molecule has 0 heterocycles. The third-order valence-corrected chi connectivity index (χ3v) is 2.10. The summed E-state index contributed by atoms with van der Waals surface area (Å²) in [7, 11) is 0. The molecule has 0 aliphatic rings. The molecule has 0 radical (unpaired) electrons. The standard InChI is InChI=1S/C8H11BrN2O/c9-7-3-1-2-4-8(7)11-5-6-12-10/h1-4,11H,5-6,10H2. The SMILES string of the molecule is NOCCNc1ccccc1Br. The van der Waals surface area contributed by atoms with Gasteiger partial charge in [-0.25, -0.2) is 5.90 Å². The van der Waals surface area contributed by atoms with Crippen LogP contribution in [0.1, 0.15) is 0 Å². The Hall–Kier alpha value is -0.580. The highest BCUT2D eigenvalue weighted by Gasteiger charge is 1.95. The molecule has 0 unspecified atom stereocenters. The molecule has 66 valence electrons. The number of hydrogen-bond donors (Lipinski definition) is 2. The number of nitrogens with one attached hydrogen (secondary N) is 1. The zero-order chi connectivity index (χ0) is 8.81. The first-order valence-electron chi connectivity index (χ1n) is 3.64. The molecule has 0 saturated heterocycles. The van der Waals surface area contributed by atoms with E-state index < -0.39 is 0 Å². The lowest BCUT2D eigenvalue weighted by Gasteiger charge is -2.06. The Morgan fingerprint density at radius 2 is 2.17 bits per heavy atom. The Morgan fingerprint density at radius 1 is 1.42 bits per heavy atom. The molecule has 0 amide bonds. The maximum Gasteiger partial charge on any atom is 0.0851 e. The van der Waals surface area contributed by atoms with Gasteiger partial charge in [0, 0.05) is 16.7 Å². The van der Waals surface area contributed by atoms with Crippen LogP contribution in [0.4, 0.5) is 5.69 Å². The van der Waals surface area contributed by atoms with Gasteiger partial charge in [-0.1, -0.05) is 12.1 Å². The van der Waals surface area contributed by atoms with Crippen molar-refractivity contribution in [2.24, 2.45) is 5.90 Å². The van der Waals surface area contributed by atoms with Crippen LogP contribution in [0.15, 0.2) is 28.7 Å². The Kier molecular flexibility index (Phi) is 4.07. The molecule has 0 aliphatic carbocycles. The molecular formula is C8H11BrN2O. The predicted molar refractivity (Wildman–Crippen MR) is 52.8 cm³/mol. The maximum atomic E-state index is 4.88. The number of hydrogen-bond acceptors (Lipinski definition) is 3. The van der Waals surface area contributed by atoms with Gasteiger partial charge >= 0.3 is 0 Å². The van der Waals surface area contributed by atoms with Gasteiger partial charge in [0.2, 0.25) is 0 Å². The van der Waals surface area contributed by atoms with Crippen molar-refractivity contribution in [1.29, 1.82) is 0 Å². The smallest absolute Gasteiger partial charge is 0.0851 e. The Labute approximate surface area is 80.0 Å². The molecular weight excluding hydrogens is 220 g/mol. The van der Waals surface area contributed by atoms with Crippen LogP contribution >= 0.6 is 15.9 Å². The van der Waals surface area contributed by atoms with Crippen molar-refractivity contribution in [3.05, 3.63) is 28.7 Å². The zero-order valence-electron chi connectivity index (χ0n) is 6.59. The molecule has 0 aromatic heterocycles. The second-order valence-electron chi connectivity index (χ2n) is 2.28. The summed E-state index contributed by atoms with van der Waals surface area (Å²) < 4.78 is 1.04. The molecule has 0 spiro atoms. The Bertz CT molecular complexity index is 242. The fourth-order valence-electron chi connectivity index (χ4n) is 0.849. The van der Waals surface area contributed by atoms with E-state index in [1.54, 1.807) is 0 Å². The van der Waals surface area contributed by atoms with Gasteiger partial charge in [-0.2, -0.15) is 0 Å². The van der Waals surface area contributed by atoms with Crippen LogP contribution in [0.25, 0.3) is 0 Å². The van der Waals surface area contributed by atoms with E-state index in [0.29, 0.717) is 13.2 Å². The summed E-state index contributed by atoms with van der Waals surface area (Å²) in [6.07, 6.45) is 0. The average molecular weight is 231 g/mol. The summed E-state index contributed by atoms with van der Waals surface area (Å²) in [6, 6.07) is 7.90. The average Bonchev–Trinajstić information content (AvgIpc) is 2.09. The summed E-state index contributed by atoms with van der Waals surface area (Å²) >= 11 is 3.41. The van der Waals surface area contributed by atoms with E-state index in [-0.39, 0.29) is 0 Å². The number of rotatable bonds is 4. The Morgan fingerprint density at radius 3 is 2.83 bits per heavy atom. The lowest BCUT2D eigenvalue weighted by molar-refractivity contribution is 0.148. The monoisotopic (exact) mass is 230 g/mol. The molecule has 3 nitrogen and oxygen atoms in total. The number of para-hydroxylation sites is 1. The number of halogens is 1. The first-order valence-corrected chi connectivity index (χ1v) is 4.44. The van der Waals surface area contributed by atoms with Crippen molar-refractivity contribution >= 4 is 21.6 Å². The van der Waals surface area contributed by atoms with Gasteiger partial charge in [-0.3, -0.25) is 0 Å². The fourth-order valence-corrected chi connectivity index (χ4v) is 1.27. The first kappa shape index (κ1) is 9.51.